The van der Waals surface area contributed by atoms with Crippen molar-refractivity contribution in [3.8, 4) is 0 Å². The van der Waals surface area contributed by atoms with E-state index < -0.39 is 0 Å². The van der Waals surface area contributed by atoms with E-state index in [1.807, 2.05) is 0 Å². The molecular weight excluding hydrogens is 258 g/mol. The van der Waals surface area contributed by atoms with Crippen LogP contribution in [0.25, 0.3) is 0 Å². The van der Waals surface area contributed by atoms with Crippen molar-refractivity contribution in [3.63, 3.8) is 0 Å². The van der Waals surface area contributed by atoms with Gasteiger partial charge in [-0.2, -0.15) is 0 Å². The quantitative estimate of drug-likeness (QED) is 0.484. The van der Waals surface area contributed by atoms with E-state index in [0.717, 1.165) is 17.8 Å². The molecule has 0 saturated carbocycles. The lowest BCUT2D eigenvalue weighted by atomic mass is 9.74. The van der Waals surface area contributed by atoms with Gasteiger partial charge < -0.3 is 0 Å². The molecule has 2 nitrogen and oxygen atoms in total. The Labute approximate surface area is 129 Å². The van der Waals surface area contributed by atoms with Crippen LogP contribution in [0.5, 0.6) is 0 Å². The highest BCUT2D eigenvalue weighted by Gasteiger charge is 2.38. The smallest absolute Gasteiger partial charge is 0.252 e. The van der Waals surface area contributed by atoms with E-state index in [0.29, 0.717) is 6.04 Å². The average Bonchev–Trinajstić information content (AvgIpc) is 2.72. The van der Waals surface area contributed by atoms with Crippen molar-refractivity contribution >= 4 is 11.5 Å². The predicted octanol–water partition coefficient (Wildman–Crippen LogP) is 4.15. The average molecular weight is 288 g/mol. The second kappa shape index (κ2) is 5.23. The summed E-state index contributed by atoms with van der Waals surface area (Å²) in [5, 5.41) is 0. The van der Waals surface area contributed by atoms with Gasteiger partial charge in [-0.05, 0) is 23.3 Å². The van der Waals surface area contributed by atoms with Crippen molar-refractivity contribution in [2.24, 2.45) is 10.8 Å². The van der Waals surface area contributed by atoms with Crippen molar-refractivity contribution < 1.29 is 9.37 Å². The van der Waals surface area contributed by atoms with Gasteiger partial charge in [0.1, 0.15) is 6.54 Å². The van der Waals surface area contributed by atoms with Gasteiger partial charge in [0.05, 0.1) is 0 Å². The maximum Gasteiger partial charge on any atom is 0.252 e. The minimum Gasteiger partial charge on any atom is -0.282 e. The lowest BCUT2D eigenvalue weighted by Gasteiger charge is -2.29. The zero-order chi connectivity index (χ0) is 16.0. The van der Waals surface area contributed by atoms with Crippen molar-refractivity contribution in [3.05, 3.63) is 23.3 Å². The minimum atomic E-state index is -0.115. The summed E-state index contributed by atoms with van der Waals surface area (Å²) >= 11 is 0. The summed E-state index contributed by atoms with van der Waals surface area (Å²) in [6, 6.07) is 0.473. The molecule has 0 bridgehead atoms. The molecule has 2 heteroatoms. The van der Waals surface area contributed by atoms with Crippen LogP contribution in [0.15, 0.2) is 23.3 Å². The number of allylic oxidation sites excluding steroid dienone is 4. The van der Waals surface area contributed by atoms with E-state index in [-0.39, 0.29) is 16.6 Å². The summed E-state index contributed by atoms with van der Waals surface area (Å²) in [5.74, 6) is 0.226. The maximum absolute atomic E-state index is 13.0. The number of carbonyl (C=O) groups excluding carboxylic acids is 1. The molecule has 1 saturated heterocycles. The second-order valence-corrected chi connectivity index (χ2v) is 8.56. The van der Waals surface area contributed by atoms with Crippen molar-refractivity contribution in [2.45, 2.75) is 67.3 Å². The van der Waals surface area contributed by atoms with Crippen LogP contribution in [0.4, 0.5) is 0 Å². The molecule has 1 heterocycles. The highest BCUT2D eigenvalue weighted by atomic mass is 16.1. The zero-order valence-corrected chi connectivity index (χ0v) is 14.7. The van der Waals surface area contributed by atoms with Gasteiger partial charge in [0.25, 0.3) is 5.78 Å². The van der Waals surface area contributed by atoms with Gasteiger partial charge in [0.2, 0.25) is 5.71 Å². The van der Waals surface area contributed by atoms with Crippen LogP contribution in [0.1, 0.15) is 61.3 Å². The van der Waals surface area contributed by atoms with Crippen LogP contribution >= 0.6 is 0 Å². The Morgan fingerprint density at radius 2 is 1.67 bits per heavy atom. The number of Topliss-reactive ketones (excluding diaryl/α,β-unsaturated/α-hetero) is 1. The summed E-state index contributed by atoms with van der Waals surface area (Å²) in [5.41, 5.74) is 3.07. The first kappa shape index (κ1) is 16.2. The topological polar surface area (TPSA) is 20.1 Å². The fraction of sp³-hybridized carbons (Fsp3) is 0.684. The number of carbonyl (C=O) groups is 1. The van der Waals surface area contributed by atoms with E-state index in [4.69, 9.17) is 0 Å². The molecule has 0 radical (unpaired) electrons. The lowest BCUT2D eigenvalue weighted by Crippen LogP contribution is -2.36. The Hall–Kier alpha value is -1.18. The maximum atomic E-state index is 13.0. The fourth-order valence-corrected chi connectivity index (χ4v) is 3.11. The zero-order valence-electron chi connectivity index (χ0n) is 14.7. The van der Waals surface area contributed by atoms with Crippen molar-refractivity contribution in [2.75, 3.05) is 6.54 Å². The summed E-state index contributed by atoms with van der Waals surface area (Å²) in [6.45, 7) is 16.3. The van der Waals surface area contributed by atoms with E-state index in [2.05, 4.69) is 65.2 Å². The first-order chi connectivity index (χ1) is 9.51. The normalized spacial score (nSPS) is 27.8. The Balaban J connectivity index is 2.61. The van der Waals surface area contributed by atoms with Crippen LogP contribution < -0.4 is 0 Å². The molecule has 2 rings (SSSR count). The van der Waals surface area contributed by atoms with Crippen LogP contribution in [0, 0.1) is 10.8 Å². The highest BCUT2D eigenvalue weighted by molar-refractivity contribution is 6.49. The predicted molar refractivity (Wildman–Crippen MR) is 88.9 cm³/mol. The molecule has 0 aromatic rings. The molecule has 0 amide bonds. The molecule has 1 fully saturated rings. The highest BCUT2D eigenvalue weighted by Crippen LogP contribution is 2.36. The third-order valence-corrected chi connectivity index (χ3v) is 4.61. The van der Waals surface area contributed by atoms with E-state index >= 15 is 0 Å². The number of hydrogen-bond acceptors (Lipinski definition) is 1. The lowest BCUT2D eigenvalue weighted by molar-refractivity contribution is -0.538. The first-order valence-corrected chi connectivity index (χ1v) is 8.14. The van der Waals surface area contributed by atoms with Crippen molar-refractivity contribution in [1.29, 1.82) is 0 Å². The molecule has 0 aromatic carbocycles. The Morgan fingerprint density at radius 3 is 2.10 bits per heavy atom. The molecule has 0 N–H and O–H groups in total. The standard InChI is InChI=1S/C19H30NO/c1-13-9-8-10-20(13)16-12-14(18(2,3)4)11-15(17(16)21)19(5,6)7/h11-13H,8-10H2,1-7H3/q+1. The van der Waals surface area contributed by atoms with E-state index in [9.17, 15) is 4.79 Å². The molecule has 0 spiro atoms. The van der Waals surface area contributed by atoms with Gasteiger partial charge in [-0.1, -0.05) is 47.6 Å². The third-order valence-electron chi connectivity index (χ3n) is 4.61. The van der Waals surface area contributed by atoms with Gasteiger partial charge in [-0.3, -0.25) is 4.79 Å². The molecule has 21 heavy (non-hydrogen) atoms. The molecule has 2 aliphatic rings. The monoisotopic (exact) mass is 288 g/mol. The number of rotatable bonds is 0. The number of ketones is 1. The molecular formula is C19H30NO+. The van der Waals surface area contributed by atoms with Crippen LogP contribution in [0.2, 0.25) is 0 Å². The molecule has 1 unspecified atom stereocenters. The molecule has 1 aliphatic carbocycles. The summed E-state index contributed by atoms with van der Waals surface area (Å²) in [7, 11) is 0. The van der Waals surface area contributed by atoms with Gasteiger partial charge in [-0.15, -0.1) is 0 Å². The Morgan fingerprint density at radius 1 is 1.05 bits per heavy atom. The van der Waals surface area contributed by atoms with Crippen LogP contribution in [0.3, 0.4) is 0 Å². The number of nitrogens with zero attached hydrogens (tertiary/aromatic N) is 1. The molecule has 1 atom stereocenters. The van der Waals surface area contributed by atoms with Crippen LogP contribution in [-0.4, -0.2) is 28.7 Å². The fourth-order valence-electron chi connectivity index (χ4n) is 3.11. The summed E-state index contributed by atoms with van der Waals surface area (Å²) in [6.07, 6.45) is 6.64. The van der Waals surface area contributed by atoms with Crippen molar-refractivity contribution in [1.82, 2.24) is 0 Å². The molecule has 0 aromatic heterocycles. The van der Waals surface area contributed by atoms with Gasteiger partial charge >= 0.3 is 0 Å². The Kier molecular flexibility index (Phi) is 4.03. The largest absolute Gasteiger partial charge is 0.282 e. The van der Waals surface area contributed by atoms with E-state index in [1.54, 1.807) is 0 Å². The van der Waals surface area contributed by atoms with Gasteiger partial charge in [0.15, 0.2) is 6.04 Å². The van der Waals surface area contributed by atoms with Crippen LogP contribution in [-0.2, 0) is 4.79 Å². The number of hydrogen-bond donors (Lipinski definition) is 0. The summed E-state index contributed by atoms with van der Waals surface area (Å²) < 4.78 is 2.31. The van der Waals surface area contributed by atoms with Gasteiger partial charge in [0, 0.05) is 24.5 Å². The van der Waals surface area contributed by atoms with Gasteiger partial charge in [-0.25, -0.2) is 4.58 Å². The minimum absolute atomic E-state index is 0.0609. The molecule has 1 aliphatic heterocycles. The SMILES string of the molecule is CC1CCC[N+]1=C1C=C(C(C)(C)C)C=C(C(C)(C)C)C1=O. The molecule has 116 valence electrons. The third kappa shape index (κ3) is 3.20. The van der Waals surface area contributed by atoms with E-state index in [1.165, 1.54) is 18.4 Å². The Bertz CT molecular complexity index is 547. The second-order valence-electron chi connectivity index (χ2n) is 8.56. The first-order valence-electron chi connectivity index (χ1n) is 8.14. The summed E-state index contributed by atoms with van der Waals surface area (Å²) in [4.78, 5) is 13.0.